The van der Waals surface area contributed by atoms with Crippen LogP contribution in [-0.2, 0) is 0 Å². The predicted molar refractivity (Wildman–Crippen MR) is 66.0 cm³/mol. The Bertz CT molecular complexity index is 259. The number of hydrogen-bond acceptors (Lipinski definition) is 1. The van der Waals surface area contributed by atoms with Crippen LogP contribution in [0, 0.1) is 23.2 Å². The van der Waals surface area contributed by atoms with E-state index in [2.05, 4.69) is 13.8 Å². The van der Waals surface area contributed by atoms with E-state index in [4.69, 9.17) is 5.73 Å². The van der Waals surface area contributed by atoms with Crippen molar-refractivity contribution in [3.8, 4) is 0 Å². The molecular formula is C14H25F2N. The van der Waals surface area contributed by atoms with E-state index < -0.39 is 5.92 Å². The first-order valence-electron chi connectivity index (χ1n) is 6.96. The van der Waals surface area contributed by atoms with Gasteiger partial charge < -0.3 is 5.73 Å². The molecule has 0 atom stereocenters. The normalized spacial score (nSPS) is 35.6. The first kappa shape index (κ1) is 13.3. The van der Waals surface area contributed by atoms with Crippen molar-refractivity contribution >= 4 is 0 Å². The summed E-state index contributed by atoms with van der Waals surface area (Å²) in [6.07, 6.45) is 4.69. The Kier molecular flexibility index (Phi) is 3.50. The Labute approximate surface area is 103 Å². The summed E-state index contributed by atoms with van der Waals surface area (Å²) in [4.78, 5) is 0. The third-order valence-corrected chi connectivity index (χ3v) is 5.21. The molecule has 2 saturated carbocycles. The van der Waals surface area contributed by atoms with Gasteiger partial charge in [0.2, 0.25) is 5.92 Å². The lowest BCUT2D eigenvalue weighted by atomic mass is 9.55. The van der Waals surface area contributed by atoms with Crippen LogP contribution >= 0.6 is 0 Å². The third kappa shape index (κ3) is 2.49. The number of alkyl halides is 2. The molecule has 3 heteroatoms. The van der Waals surface area contributed by atoms with Crippen LogP contribution < -0.4 is 5.73 Å². The molecule has 0 saturated heterocycles. The second kappa shape index (κ2) is 4.49. The van der Waals surface area contributed by atoms with Crippen LogP contribution in [0.5, 0.6) is 0 Å². The summed E-state index contributed by atoms with van der Waals surface area (Å²) in [5.41, 5.74) is 5.55. The van der Waals surface area contributed by atoms with E-state index in [1.54, 1.807) is 0 Å². The van der Waals surface area contributed by atoms with Gasteiger partial charge in [0.1, 0.15) is 0 Å². The van der Waals surface area contributed by atoms with E-state index in [0.29, 0.717) is 12.5 Å². The second-order valence-electron chi connectivity index (χ2n) is 6.63. The van der Waals surface area contributed by atoms with Gasteiger partial charge in [-0.1, -0.05) is 13.8 Å². The molecule has 2 aliphatic rings. The van der Waals surface area contributed by atoms with Crippen LogP contribution in [-0.4, -0.2) is 12.5 Å². The highest BCUT2D eigenvalue weighted by atomic mass is 19.3. The summed E-state index contributed by atoms with van der Waals surface area (Å²) in [5.74, 6) is -0.467. The zero-order valence-corrected chi connectivity index (χ0v) is 11.0. The molecule has 1 nitrogen and oxygen atoms in total. The van der Waals surface area contributed by atoms with Crippen molar-refractivity contribution < 1.29 is 8.78 Å². The van der Waals surface area contributed by atoms with Crippen molar-refractivity contribution in [3.63, 3.8) is 0 Å². The molecule has 17 heavy (non-hydrogen) atoms. The molecule has 2 N–H and O–H groups in total. The van der Waals surface area contributed by atoms with Crippen molar-refractivity contribution in [2.75, 3.05) is 6.54 Å². The summed E-state index contributed by atoms with van der Waals surface area (Å²) >= 11 is 0. The van der Waals surface area contributed by atoms with Gasteiger partial charge in [-0.05, 0) is 55.4 Å². The number of nitrogens with two attached hydrogens (primary N) is 1. The maximum absolute atomic E-state index is 13.1. The fraction of sp³-hybridized carbons (Fsp3) is 1.00. The molecule has 2 rings (SSSR count). The zero-order chi connectivity index (χ0) is 12.7. The van der Waals surface area contributed by atoms with Gasteiger partial charge in [-0.3, -0.25) is 0 Å². The van der Waals surface area contributed by atoms with Crippen LogP contribution in [0.1, 0.15) is 52.4 Å². The minimum Gasteiger partial charge on any atom is -0.330 e. The van der Waals surface area contributed by atoms with Gasteiger partial charge in [-0.2, -0.15) is 0 Å². The van der Waals surface area contributed by atoms with Crippen molar-refractivity contribution in [2.24, 2.45) is 28.9 Å². The number of rotatable bonds is 3. The highest BCUT2D eigenvalue weighted by Gasteiger charge is 2.58. The Balaban J connectivity index is 1.92. The quantitative estimate of drug-likeness (QED) is 0.803. The molecule has 0 amide bonds. The molecule has 0 aromatic rings. The molecular weight excluding hydrogens is 220 g/mol. The number of halogens is 2. The van der Waals surface area contributed by atoms with Crippen LogP contribution in [0.4, 0.5) is 8.78 Å². The average molecular weight is 245 g/mol. The van der Waals surface area contributed by atoms with Gasteiger partial charge in [0.15, 0.2) is 0 Å². The SMILES string of the molecule is CC(C)C1CCC(C2(CN)CC(F)(F)C2)CC1. The minimum absolute atomic E-state index is 0.0352. The lowest BCUT2D eigenvalue weighted by molar-refractivity contribution is -0.184. The molecule has 2 aliphatic carbocycles. The standard InChI is InChI=1S/C14H25F2N/c1-10(2)11-3-5-12(6-4-11)13(9-17)7-14(15,16)8-13/h10-12H,3-9,17H2,1-2H3. The summed E-state index contributed by atoms with van der Waals surface area (Å²) in [6.45, 7) is 4.97. The van der Waals surface area contributed by atoms with E-state index >= 15 is 0 Å². The van der Waals surface area contributed by atoms with Crippen LogP contribution in [0.3, 0.4) is 0 Å². The largest absolute Gasteiger partial charge is 0.330 e. The zero-order valence-electron chi connectivity index (χ0n) is 11.0. The molecule has 0 aliphatic heterocycles. The van der Waals surface area contributed by atoms with E-state index in [1.165, 1.54) is 12.8 Å². The average Bonchev–Trinajstić information content (AvgIpc) is 2.25. The van der Waals surface area contributed by atoms with E-state index in [1.807, 2.05) is 0 Å². The molecule has 0 aromatic heterocycles. The maximum atomic E-state index is 13.1. The minimum atomic E-state index is -2.44. The Morgan fingerprint density at radius 3 is 2.00 bits per heavy atom. The van der Waals surface area contributed by atoms with Crippen molar-refractivity contribution in [3.05, 3.63) is 0 Å². The molecule has 0 aromatic carbocycles. The third-order valence-electron chi connectivity index (χ3n) is 5.21. The summed E-state index contributed by atoms with van der Waals surface area (Å²) in [5, 5.41) is 0. The Morgan fingerprint density at radius 2 is 1.65 bits per heavy atom. The van der Waals surface area contributed by atoms with Gasteiger partial charge in [0, 0.05) is 12.8 Å². The van der Waals surface area contributed by atoms with E-state index in [9.17, 15) is 8.78 Å². The highest BCUT2D eigenvalue weighted by molar-refractivity contribution is 5.04. The molecule has 0 unspecified atom stereocenters. The molecule has 2 fully saturated rings. The summed E-state index contributed by atoms with van der Waals surface area (Å²) in [7, 11) is 0. The first-order valence-corrected chi connectivity index (χ1v) is 6.96. The van der Waals surface area contributed by atoms with Gasteiger partial charge in [-0.15, -0.1) is 0 Å². The van der Waals surface area contributed by atoms with Gasteiger partial charge >= 0.3 is 0 Å². The monoisotopic (exact) mass is 245 g/mol. The second-order valence-corrected chi connectivity index (χ2v) is 6.63. The molecule has 0 spiro atoms. The van der Waals surface area contributed by atoms with Crippen molar-refractivity contribution in [1.82, 2.24) is 0 Å². The van der Waals surface area contributed by atoms with Gasteiger partial charge in [0.05, 0.1) is 0 Å². The lowest BCUT2D eigenvalue weighted by Crippen LogP contribution is -2.55. The molecule has 0 bridgehead atoms. The Morgan fingerprint density at radius 1 is 1.12 bits per heavy atom. The topological polar surface area (TPSA) is 26.0 Å². The van der Waals surface area contributed by atoms with E-state index in [-0.39, 0.29) is 18.3 Å². The molecule has 0 heterocycles. The first-order chi connectivity index (χ1) is 7.88. The maximum Gasteiger partial charge on any atom is 0.249 e. The van der Waals surface area contributed by atoms with Gasteiger partial charge in [-0.25, -0.2) is 8.78 Å². The predicted octanol–water partition coefficient (Wildman–Crippen LogP) is 3.82. The fourth-order valence-electron chi connectivity index (χ4n) is 3.98. The molecule has 0 radical (unpaired) electrons. The number of hydrogen-bond donors (Lipinski definition) is 1. The van der Waals surface area contributed by atoms with Crippen molar-refractivity contribution in [2.45, 2.75) is 58.3 Å². The lowest BCUT2D eigenvalue weighted by Gasteiger charge is -2.53. The summed E-state index contributed by atoms with van der Waals surface area (Å²) < 4.78 is 26.2. The smallest absolute Gasteiger partial charge is 0.249 e. The van der Waals surface area contributed by atoms with Gasteiger partial charge in [0.25, 0.3) is 0 Å². The van der Waals surface area contributed by atoms with Crippen LogP contribution in [0.15, 0.2) is 0 Å². The summed E-state index contributed by atoms with van der Waals surface area (Å²) in [6, 6.07) is 0. The van der Waals surface area contributed by atoms with Crippen LogP contribution in [0.2, 0.25) is 0 Å². The Hall–Kier alpha value is -0.180. The van der Waals surface area contributed by atoms with Crippen LogP contribution in [0.25, 0.3) is 0 Å². The molecule has 100 valence electrons. The fourth-order valence-corrected chi connectivity index (χ4v) is 3.98. The highest BCUT2D eigenvalue weighted by Crippen LogP contribution is 2.59. The van der Waals surface area contributed by atoms with Crippen molar-refractivity contribution in [1.29, 1.82) is 0 Å². The van der Waals surface area contributed by atoms with E-state index in [0.717, 1.165) is 24.7 Å².